The number of aliphatic hydroxyl groups excluding tert-OH is 1. The van der Waals surface area contributed by atoms with Crippen molar-refractivity contribution in [1.29, 1.82) is 0 Å². The Morgan fingerprint density at radius 1 is 1.18 bits per heavy atom. The van der Waals surface area contributed by atoms with Crippen LogP contribution in [0.4, 0.5) is 0 Å². The van der Waals surface area contributed by atoms with Gasteiger partial charge in [0.2, 0.25) is 0 Å². The Morgan fingerprint density at radius 3 is 2.18 bits per heavy atom. The highest BCUT2D eigenvalue weighted by Crippen LogP contribution is 2.22. The van der Waals surface area contributed by atoms with Crippen molar-refractivity contribution in [3.8, 4) is 0 Å². The van der Waals surface area contributed by atoms with Crippen LogP contribution in [0.25, 0.3) is 0 Å². The lowest BCUT2D eigenvalue weighted by molar-refractivity contribution is 0.0480. The third kappa shape index (κ3) is 3.07. The summed E-state index contributed by atoms with van der Waals surface area (Å²) in [5, 5.41) is 8.66. The Kier molecular flexibility index (Phi) is 4.70. The monoisotopic (exact) mass is 236 g/mol. The number of rotatable bonds is 4. The van der Waals surface area contributed by atoms with E-state index in [0.29, 0.717) is 12.0 Å². The van der Waals surface area contributed by atoms with Gasteiger partial charge in [-0.25, -0.2) is 4.79 Å². The molecule has 3 nitrogen and oxygen atoms in total. The van der Waals surface area contributed by atoms with E-state index in [0.717, 1.165) is 22.3 Å². The van der Waals surface area contributed by atoms with E-state index in [1.165, 1.54) is 0 Å². The average molecular weight is 236 g/mol. The number of esters is 1. The van der Waals surface area contributed by atoms with Crippen LogP contribution in [0, 0.1) is 27.7 Å². The molecule has 0 fully saturated rings. The summed E-state index contributed by atoms with van der Waals surface area (Å²) in [6.45, 7) is 8.16. The second kappa shape index (κ2) is 5.82. The summed E-state index contributed by atoms with van der Waals surface area (Å²) in [4.78, 5) is 12.0. The Bertz CT molecular complexity index is 396. The fraction of sp³-hybridized carbons (Fsp3) is 0.500. The normalized spacial score (nSPS) is 10.4. The predicted octanol–water partition coefficient (Wildman–Crippen LogP) is 2.46. The number of hydrogen-bond acceptors (Lipinski definition) is 3. The van der Waals surface area contributed by atoms with Crippen LogP contribution in [-0.2, 0) is 4.74 Å². The molecule has 94 valence electrons. The van der Waals surface area contributed by atoms with Gasteiger partial charge in [0.25, 0.3) is 0 Å². The predicted molar refractivity (Wildman–Crippen MR) is 67.4 cm³/mol. The fourth-order valence-corrected chi connectivity index (χ4v) is 1.82. The number of benzene rings is 1. The first-order valence-corrected chi connectivity index (χ1v) is 5.84. The molecule has 0 aliphatic rings. The molecule has 0 aromatic heterocycles. The molecule has 0 spiro atoms. The summed E-state index contributed by atoms with van der Waals surface area (Å²) < 4.78 is 5.14. The molecule has 0 saturated carbocycles. The summed E-state index contributed by atoms with van der Waals surface area (Å²) in [6, 6.07) is 2.08. The van der Waals surface area contributed by atoms with Gasteiger partial charge in [0.05, 0.1) is 12.2 Å². The van der Waals surface area contributed by atoms with Gasteiger partial charge in [0, 0.05) is 13.0 Å². The molecule has 1 aromatic rings. The molecule has 0 bridgehead atoms. The zero-order chi connectivity index (χ0) is 13.0. The van der Waals surface area contributed by atoms with Crippen molar-refractivity contribution in [2.24, 2.45) is 0 Å². The highest BCUT2D eigenvalue weighted by atomic mass is 16.5. The van der Waals surface area contributed by atoms with Crippen molar-refractivity contribution in [3.05, 3.63) is 33.9 Å². The minimum atomic E-state index is -0.291. The molecule has 1 N–H and O–H groups in total. The van der Waals surface area contributed by atoms with Crippen LogP contribution in [0.1, 0.15) is 39.0 Å². The van der Waals surface area contributed by atoms with Crippen molar-refractivity contribution in [2.45, 2.75) is 34.1 Å². The topological polar surface area (TPSA) is 46.5 Å². The number of hydrogen-bond donors (Lipinski definition) is 1. The molecule has 3 heteroatoms. The molecule has 0 atom stereocenters. The Morgan fingerprint density at radius 2 is 1.71 bits per heavy atom. The van der Waals surface area contributed by atoms with E-state index in [4.69, 9.17) is 9.84 Å². The van der Waals surface area contributed by atoms with Gasteiger partial charge in [0.1, 0.15) is 0 Å². The van der Waals surface area contributed by atoms with Crippen LogP contribution < -0.4 is 0 Å². The van der Waals surface area contributed by atoms with Gasteiger partial charge in [-0.1, -0.05) is 6.07 Å². The van der Waals surface area contributed by atoms with Crippen LogP contribution in [0.3, 0.4) is 0 Å². The molecular formula is C14H20O3. The number of carbonyl (C=O) groups is 1. The van der Waals surface area contributed by atoms with E-state index >= 15 is 0 Å². The molecular weight excluding hydrogens is 216 g/mol. The lowest BCUT2D eigenvalue weighted by Crippen LogP contribution is -2.12. The van der Waals surface area contributed by atoms with Crippen LogP contribution in [-0.4, -0.2) is 24.3 Å². The van der Waals surface area contributed by atoms with Crippen molar-refractivity contribution in [2.75, 3.05) is 13.2 Å². The number of aryl methyl sites for hydroxylation is 2. The van der Waals surface area contributed by atoms with Crippen LogP contribution in [0.2, 0.25) is 0 Å². The maximum Gasteiger partial charge on any atom is 0.338 e. The summed E-state index contributed by atoms with van der Waals surface area (Å²) in [6.07, 6.45) is 0.481. The van der Waals surface area contributed by atoms with Crippen LogP contribution in [0.5, 0.6) is 0 Å². The molecule has 17 heavy (non-hydrogen) atoms. The zero-order valence-corrected chi connectivity index (χ0v) is 11.0. The van der Waals surface area contributed by atoms with Gasteiger partial charge in [-0.3, -0.25) is 0 Å². The molecule has 0 radical (unpaired) electrons. The van der Waals surface area contributed by atoms with Gasteiger partial charge in [0.15, 0.2) is 0 Å². The van der Waals surface area contributed by atoms with Gasteiger partial charge < -0.3 is 9.84 Å². The molecule has 1 rings (SSSR count). The van der Waals surface area contributed by atoms with Crippen LogP contribution in [0.15, 0.2) is 6.07 Å². The first kappa shape index (κ1) is 13.7. The van der Waals surface area contributed by atoms with Crippen molar-refractivity contribution in [1.82, 2.24) is 0 Å². The molecule has 0 heterocycles. The lowest BCUT2D eigenvalue weighted by atomic mass is 9.94. The molecule has 1 aromatic carbocycles. The largest absolute Gasteiger partial charge is 0.462 e. The van der Waals surface area contributed by atoms with Crippen molar-refractivity contribution in [3.63, 3.8) is 0 Å². The molecule has 0 aliphatic heterocycles. The first-order valence-electron chi connectivity index (χ1n) is 5.84. The Balaban J connectivity index is 3.00. The standard InChI is InChI=1S/C14H20O3/c1-9-8-10(2)12(4)13(11(9)3)14(16)17-7-5-6-15/h8,15H,5-7H2,1-4H3. The second-order valence-corrected chi connectivity index (χ2v) is 4.35. The minimum Gasteiger partial charge on any atom is -0.462 e. The van der Waals surface area contributed by atoms with Gasteiger partial charge >= 0.3 is 5.97 Å². The number of ether oxygens (including phenoxy) is 1. The summed E-state index contributed by atoms with van der Waals surface area (Å²) in [5.41, 5.74) is 4.81. The first-order chi connectivity index (χ1) is 7.99. The molecule has 0 amide bonds. The second-order valence-electron chi connectivity index (χ2n) is 4.35. The smallest absolute Gasteiger partial charge is 0.338 e. The van der Waals surface area contributed by atoms with Crippen molar-refractivity contribution < 1.29 is 14.6 Å². The van der Waals surface area contributed by atoms with E-state index in [1.54, 1.807) is 0 Å². The third-order valence-electron chi connectivity index (χ3n) is 3.11. The van der Waals surface area contributed by atoms with Crippen LogP contribution >= 0.6 is 0 Å². The van der Waals surface area contributed by atoms with Gasteiger partial charge in [-0.05, 0) is 49.9 Å². The summed E-state index contributed by atoms with van der Waals surface area (Å²) >= 11 is 0. The fourth-order valence-electron chi connectivity index (χ4n) is 1.82. The quantitative estimate of drug-likeness (QED) is 0.645. The lowest BCUT2D eigenvalue weighted by Gasteiger charge is -2.14. The summed E-state index contributed by atoms with van der Waals surface area (Å²) in [5.74, 6) is -0.291. The number of aliphatic hydroxyl groups is 1. The van der Waals surface area contributed by atoms with E-state index in [-0.39, 0.29) is 19.2 Å². The van der Waals surface area contributed by atoms with E-state index in [1.807, 2.05) is 27.7 Å². The van der Waals surface area contributed by atoms with E-state index in [2.05, 4.69) is 6.07 Å². The minimum absolute atomic E-state index is 0.0398. The summed E-state index contributed by atoms with van der Waals surface area (Å²) in [7, 11) is 0. The maximum atomic E-state index is 12.0. The number of carbonyl (C=O) groups excluding carboxylic acids is 1. The van der Waals surface area contributed by atoms with E-state index < -0.39 is 0 Å². The molecule has 0 unspecified atom stereocenters. The Labute approximate surface area is 102 Å². The van der Waals surface area contributed by atoms with Gasteiger partial charge in [-0.2, -0.15) is 0 Å². The highest BCUT2D eigenvalue weighted by Gasteiger charge is 2.16. The van der Waals surface area contributed by atoms with Gasteiger partial charge in [-0.15, -0.1) is 0 Å². The highest BCUT2D eigenvalue weighted by molar-refractivity contribution is 5.93. The molecule has 0 aliphatic carbocycles. The third-order valence-corrected chi connectivity index (χ3v) is 3.11. The molecule has 0 saturated heterocycles. The zero-order valence-electron chi connectivity index (χ0n) is 11.0. The Hall–Kier alpha value is -1.35. The van der Waals surface area contributed by atoms with Crippen molar-refractivity contribution >= 4 is 5.97 Å². The SMILES string of the molecule is Cc1cc(C)c(C)c(C(=O)OCCCO)c1C. The van der Waals surface area contributed by atoms with E-state index in [9.17, 15) is 4.79 Å². The average Bonchev–Trinajstić information content (AvgIpc) is 2.27. The maximum absolute atomic E-state index is 12.0.